The van der Waals surface area contributed by atoms with Gasteiger partial charge in [-0.2, -0.15) is 0 Å². The molecule has 0 radical (unpaired) electrons. The molecule has 0 heterocycles. The summed E-state index contributed by atoms with van der Waals surface area (Å²) < 4.78 is 27.9. The zero-order valence-electron chi connectivity index (χ0n) is 10.7. The number of hydrogen-bond acceptors (Lipinski definition) is 2. The van der Waals surface area contributed by atoms with E-state index >= 15 is 0 Å². The first-order valence-electron chi connectivity index (χ1n) is 5.93. The first-order chi connectivity index (χ1) is 9.49. The maximum atomic E-state index is 13.9. The van der Waals surface area contributed by atoms with Crippen molar-refractivity contribution in [1.82, 2.24) is 0 Å². The molecule has 2 aromatic rings. The third-order valence-electron chi connectivity index (χ3n) is 2.89. The molecule has 0 fully saturated rings. The van der Waals surface area contributed by atoms with Gasteiger partial charge >= 0.3 is 0 Å². The average molecular weight is 296 g/mol. The third kappa shape index (κ3) is 3.14. The van der Waals surface area contributed by atoms with E-state index in [2.05, 4.69) is 0 Å². The first-order valence-corrected chi connectivity index (χ1v) is 6.31. The van der Waals surface area contributed by atoms with Crippen LogP contribution in [-0.2, 0) is 6.54 Å². The fraction of sp³-hybridized carbons (Fsp3) is 0.133. The van der Waals surface area contributed by atoms with Crippen LogP contribution >= 0.6 is 11.6 Å². The van der Waals surface area contributed by atoms with Crippen LogP contribution in [0.2, 0.25) is 0 Å². The normalized spacial score (nSPS) is 10.4. The highest BCUT2D eigenvalue weighted by atomic mass is 35.5. The van der Waals surface area contributed by atoms with E-state index in [4.69, 9.17) is 11.6 Å². The number of benzene rings is 2. The molecule has 0 aliphatic rings. The Morgan fingerprint density at radius 2 is 1.70 bits per heavy atom. The van der Waals surface area contributed by atoms with Gasteiger partial charge in [0, 0.05) is 19.2 Å². The molecular formula is C15H12ClF2NO. The van der Waals surface area contributed by atoms with Gasteiger partial charge in [-0.3, -0.25) is 4.79 Å². The monoisotopic (exact) mass is 295 g/mol. The summed E-state index contributed by atoms with van der Waals surface area (Å²) in [6, 6.07) is 11.2. The second kappa shape index (κ2) is 6.01. The van der Waals surface area contributed by atoms with Crippen molar-refractivity contribution in [2.24, 2.45) is 0 Å². The van der Waals surface area contributed by atoms with Crippen LogP contribution in [0.15, 0.2) is 42.5 Å². The standard InChI is InChI=1S/C15H12ClF2NO/c1-19(9-10-5-3-2-4-6-10)14-12(17)7-11(15(16)20)8-13(14)18/h2-8H,9H2,1H3. The highest BCUT2D eigenvalue weighted by Gasteiger charge is 2.17. The fourth-order valence-electron chi connectivity index (χ4n) is 1.98. The Labute approximate surface area is 120 Å². The zero-order valence-corrected chi connectivity index (χ0v) is 11.5. The maximum absolute atomic E-state index is 13.9. The number of carbonyl (C=O) groups excluding carboxylic acids is 1. The first kappa shape index (κ1) is 14.5. The Bertz CT molecular complexity index is 608. The van der Waals surface area contributed by atoms with Gasteiger partial charge in [-0.25, -0.2) is 8.78 Å². The lowest BCUT2D eigenvalue weighted by atomic mass is 10.1. The highest BCUT2D eigenvalue weighted by molar-refractivity contribution is 6.67. The van der Waals surface area contributed by atoms with Crippen LogP contribution in [0.4, 0.5) is 14.5 Å². The molecule has 20 heavy (non-hydrogen) atoms. The van der Waals surface area contributed by atoms with Gasteiger partial charge in [-0.15, -0.1) is 0 Å². The summed E-state index contributed by atoms with van der Waals surface area (Å²) in [7, 11) is 1.58. The summed E-state index contributed by atoms with van der Waals surface area (Å²) in [5.74, 6) is -1.63. The molecule has 0 atom stereocenters. The van der Waals surface area contributed by atoms with Gasteiger partial charge in [0.1, 0.15) is 17.3 Å². The summed E-state index contributed by atoms with van der Waals surface area (Å²) in [5, 5.41) is -0.889. The van der Waals surface area contributed by atoms with Crippen LogP contribution < -0.4 is 4.90 Å². The Hall–Kier alpha value is -1.94. The minimum absolute atomic E-state index is 0.185. The van der Waals surface area contributed by atoms with Crippen molar-refractivity contribution in [1.29, 1.82) is 0 Å². The SMILES string of the molecule is CN(Cc1ccccc1)c1c(F)cc(C(=O)Cl)cc1F. The van der Waals surface area contributed by atoms with E-state index in [1.165, 1.54) is 4.90 Å². The van der Waals surface area contributed by atoms with Crippen molar-refractivity contribution in [3.63, 3.8) is 0 Å². The molecule has 104 valence electrons. The number of hydrogen-bond donors (Lipinski definition) is 0. The van der Waals surface area contributed by atoms with E-state index < -0.39 is 16.9 Å². The van der Waals surface area contributed by atoms with Crippen LogP contribution in [-0.4, -0.2) is 12.3 Å². The van der Waals surface area contributed by atoms with Crippen LogP contribution in [0.5, 0.6) is 0 Å². The van der Waals surface area contributed by atoms with Crippen molar-refractivity contribution < 1.29 is 13.6 Å². The number of rotatable bonds is 4. The van der Waals surface area contributed by atoms with Gasteiger partial charge in [-0.05, 0) is 29.3 Å². The number of anilines is 1. The van der Waals surface area contributed by atoms with Gasteiger partial charge < -0.3 is 4.90 Å². The molecule has 0 saturated carbocycles. The van der Waals surface area contributed by atoms with Crippen molar-refractivity contribution in [3.8, 4) is 0 Å². The average Bonchev–Trinajstić information content (AvgIpc) is 2.38. The molecule has 2 nitrogen and oxygen atoms in total. The van der Waals surface area contributed by atoms with Crippen LogP contribution in [0, 0.1) is 11.6 Å². The van der Waals surface area contributed by atoms with Gasteiger partial charge in [0.2, 0.25) is 0 Å². The summed E-state index contributed by atoms with van der Waals surface area (Å²) in [4.78, 5) is 12.4. The van der Waals surface area contributed by atoms with Gasteiger partial charge in [0.15, 0.2) is 0 Å². The topological polar surface area (TPSA) is 20.3 Å². The summed E-state index contributed by atoms with van der Waals surface area (Å²) in [6.07, 6.45) is 0. The molecule has 0 spiro atoms. The van der Waals surface area contributed by atoms with E-state index in [1.807, 2.05) is 30.3 Å². The molecule has 0 aromatic heterocycles. The molecule has 0 aliphatic heterocycles. The molecule has 2 aromatic carbocycles. The summed E-state index contributed by atoms with van der Waals surface area (Å²) >= 11 is 5.22. The molecule has 5 heteroatoms. The van der Waals surface area contributed by atoms with Crippen LogP contribution in [0.3, 0.4) is 0 Å². The third-order valence-corrected chi connectivity index (χ3v) is 3.11. The van der Waals surface area contributed by atoms with E-state index in [-0.39, 0.29) is 11.3 Å². The van der Waals surface area contributed by atoms with E-state index in [9.17, 15) is 13.6 Å². The summed E-state index contributed by atoms with van der Waals surface area (Å²) in [5.41, 5.74) is 0.542. The number of carbonyl (C=O) groups is 1. The second-order valence-electron chi connectivity index (χ2n) is 4.40. The molecular weight excluding hydrogens is 284 g/mol. The van der Waals surface area contributed by atoms with Crippen molar-refractivity contribution >= 4 is 22.5 Å². The zero-order chi connectivity index (χ0) is 14.7. The Balaban J connectivity index is 2.30. The predicted octanol–water partition coefficient (Wildman–Crippen LogP) is 3.98. The highest BCUT2D eigenvalue weighted by Crippen LogP contribution is 2.26. The fourth-order valence-corrected chi connectivity index (χ4v) is 2.09. The minimum atomic E-state index is -0.889. The molecule has 0 bridgehead atoms. The molecule has 0 N–H and O–H groups in total. The summed E-state index contributed by atoms with van der Waals surface area (Å²) in [6.45, 7) is 0.350. The van der Waals surface area contributed by atoms with Gasteiger partial charge in [0.05, 0.1) is 0 Å². The van der Waals surface area contributed by atoms with E-state index in [0.717, 1.165) is 17.7 Å². The smallest absolute Gasteiger partial charge is 0.252 e. The van der Waals surface area contributed by atoms with Crippen molar-refractivity contribution in [2.45, 2.75) is 6.54 Å². The quantitative estimate of drug-likeness (QED) is 0.795. The van der Waals surface area contributed by atoms with E-state index in [1.54, 1.807) is 7.05 Å². The van der Waals surface area contributed by atoms with E-state index in [0.29, 0.717) is 6.54 Å². The number of halogens is 3. The lowest BCUT2D eigenvalue weighted by Crippen LogP contribution is -2.19. The van der Waals surface area contributed by atoms with Crippen LogP contribution in [0.25, 0.3) is 0 Å². The molecule has 0 aliphatic carbocycles. The molecule has 0 amide bonds. The Morgan fingerprint density at radius 3 is 2.20 bits per heavy atom. The van der Waals surface area contributed by atoms with Crippen molar-refractivity contribution in [2.75, 3.05) is 11.9 Å². The number of nitrogens with zero attached hydrogens (tertiary/aromatic N) is 1. The lowest BCUT2D eigenvalue weighted by Gasteiger charge is -2.21. The van der Waals surface area contributed by atoms with Gasteiger partial charge in [-0.1, -0.05) is 30.3 Å². The maximum Gasteiger partial charge on any atom is 0.252 e. The second-order valence-corrected chi connectivity index (χ2v) is 4.75. The largest absolute Gasteiger partial charge is 0.366 e. The lowest BCUT2D eigenvalue weighted by molar-refractivity contribution is 0.108. The van der Waals surface area contributed by atoms with Crippen LogP contribution in [0.1, 0.15) is 15.9 Å². The Kier molecular flexibility index (Phi) is 4.35. The molecule has 0 saturated heterocycles. The molecule has 2 rings (SSSR count). The molecule has 0 unspecified atom stereocenters. The Morgan fingerprint density at radius 1 is 1.15 bits per heavy atom. The minimum Gasteiger partial charge on any atom is -0.366 e. The predicted molar refractivity (Wildman–Crippen MR) is 75.1 cm³/mol. The van der Waals surface area contributed by atoms with Gasteiger partial charge in [0.25, 0.3) is 5.24 Å². The van der Waals surface area contributed by atoms with Crippen molar-refractivity contribution in [3.05, 3.63) is 65.2 Å².